The topological polar surface area (TPSA) is 48.1 Å². The van der Waals surface area contributed by atoms with Gasteiger partial charge in [-0.1, -0.05) is 48.6 Å². The fourth-order valence-corrected chi connectivity index (χ4v) is 4.50. The molecule has 3 aromatic carbocycles. The number of halogens is 3. The summed E-state index contributed by atoms with van der Waals surface area (Å²) in [4.78, 5) is 4.70. The molecule has 0 radical (unpaired) electrons. The zero-order valence-corrected chi connectivity index (χ0v) is 18.8. The standard InChI is InChI=1S/C26H23F3N2OS/c1-32-21-12-13-23-24(16-21)33-25(31-23)20-10-5-17(6-11-20)4-8-19-9-7-18(15-22(19)30)3-2-14-26(27,28)29/h4-13,15-16H,2-3,14,30H2,1H3. The number of aryl methyl sites for hydroxylation is 1. The van der Waals surface area contributed by atoms with Crippen LogP contribution in [0.3, 0.4) is 0 Å². The molecule has 0 atom stereocenters. The molecule has 0 saturated carbocycles. The quantitative estimate of drug-likeness (QED) is 0.224. The molecule has 0 unspecified atom stereocenters. The number of thiazole rings is 1. The Balaban J connectivity index is 1.43. The molecule has 0 amide bonds. The zero-order valence-electron chi connectivity index (χ0n) is 18.0. The Morgan fingerprint density at radius 1 is 1.00 bits per heavy atom. The number of fused-ring (bicyclic) bond motifs is 1. The largest absolute Gasteiger partial charge is 0.497 e. The Morgan fingerprint density at radius 2 is 1.79 bits per heavy atom. The van der Waals surface area contributed by atoms with Crippen LogP contribution < -0.4 is 10.5 Å². The molecule has 33 heavy (non-hydrogen) atoms. The summed E-state index contributed by atoms with van der Waals surface area (Å²) in [5, 5.41) is 0.944. The Morgan fingerprint density at radius 3 is 2.48 bits per heavy atom. The number of nitrogen functional groups attached to an aromatic ring is 1. The van der Waals surface area contributed by atoms with Crippen molar-refractivity contribution in [1.29, 1.82) is 0 Å². The molecule has 2 N–H and O–H groups in total. The molecule has 0 spiro atoms. The van der Waals surface area contributed by atoms with Crippen molar-refractivity contribution in [3.05, 3.63) is 77.4 Å². The first kappa shape index (κ1) is 22.9. The molecular weight excluding hydrogens is 445 g/mol. The van der Waals surface area contributed by atoms with Crippen LogP contribution >= 0.6 is 11.3 Å². The van der Waals surface area contributed by atoms with Crippen molar-refractivity contribution in [3.63, 3.8) is 0 Å². The summed E-state index contributed by atoms with van der Waals surface area (Å²) in [5.74, 6) is 0.812. The summed E-state index contributed by atoms with van der Waals surface area (Å²) in [7, 11) is 1.65. The van der Waals surface area contributed by atoms with Crippen LogP contribution in [0.4, 0.5) is 18.9 Å². The number of nitrogens with two attached hydrogens (primary N) is 1. The molecule has 0 bridgehead atoms. The molecular formula is C26H23F3N2OS. The maximum Gasteiger partial charge on any atom is 0.389 e. The van der Waals surface area contributed by atoms with Gasteiger partial charge in [-0.05, 0) is 53.8 Å². The molecule has 1 heterocycles. The summed E-state index contributed by atoms with van der Waals surface area (Å²) >= 11 is 1.62. The van der Waals surface area contributed by atoms with Crippen LogP contribution in [0, 0.1) is 0 Å². The van der Waals surface area contributed by atoms with Gasteiger partial charge in [0.1, 0.15) is 10.8 Å². The third-order valence-corrected chi connectivity index (χ3v) is 6.35. The minimum atomic E-state index is -4.12. The third-order valence-electron chi connectivity index (χ3n) is 5.29. The van der Waals surface area contributed by atoms with Crippen LogP contribution in [-0.4, -0.2) is 18.3 Å². The maximum absolute atomic E-state index is 12.3. The van der Waals surface area contributed by atoms with E-state index in [4.69, 9.17) is 15.5 Å². The Bertz CT molecular complexity index is 1280. The second-order valence-electron chi connectivity index (χ2n) is 7.74. The second-order valence-corrected chi connectivity index (χ2v) is 8.77. The van der Waals surface area contributed by atoms with Crippen LogP contribution in [-0.2, 0) is 6.42 Å². The molecule has 1 aromatic heterocycles. The lowest BCUT2D eigenvalue weighted by Crippen LogP contribution is -2.07. The first-order valence-corrected chi connectivity index (χ1v) is 11.3. The van der Waals surface area contributed by atoms with Gasteiger partial charge in [-0.25, -0.2) is 4.98 Å². The van der Waals surface area contributed by atoms with Gasteiger partial charge < -0.3 is 10.5 Å². The number of aromatic nitrogens is 1. The number of methoxy groups -OCH3 is 1. The molecule has 0 aliphatic rings. The van der Waals surface area contributed by atoms with Crippen molar-refractivity contribution in [3.8, 4) is 16.3 Å². The van der Waals surface area contributed by atoms with E-state index in [0.717, 1.165) is 43.2 Å². The summed E-state index contributed by atoms with van der Waals surface area (Å²) in [6, 6.07) is 19.4. The maximum atomic E-state index is 12.3. The fraction of sp³-hybridized carbons (Fsp3) is 0.192. The van der Waals surface area contributed by atoms with E-state index >= 15 is 0 Å². The van der Waals surface area contributed by atoms with Crippen molar-refractivity contribution < 1.29 is 17.9 Å². The summed E-state index contributed by atoms with van der Waals surface area (Å²) in [5.41, 5.74) is 11.3. The lowest BCUT2D eigenvalue weighted by Gasteiger charge is -2.08. The monoisotopic (exact) mass is 468 g/mol. The number of nitrogens with zero attached hydrogens (tertiary/aromatic N) is 1. The number of rotatable bonds is 7. The SMILES string of the molecule is COc1ccc2nc(-c3ccc(C=Cc4ccc(CCCC(F)(F)F)cc4N)cc3)sc2c1. The van der Waals surface area contributed by atoms with E-state index in [9.17, 15) is 13.2 Å². The first-order chi connectivity index (χ1) is 15.8. The van der Waals surface area contributed by atoms with E-state index in [2.05, 4.69) is 0 Å². The lowest BCUT2D eigenvalue weighted by atomic mass is 10.0. The van der Waals surface area contributed by atoms with Crippen LogP contribution in [0.25, 0.3) is 32.9 Å². The van der Waals surface area contributed by atoms with Gasteiger partial charge >= 0.3 is 6.18 Å². The summed E-state index contributed by atoms with van der Waals surface area (Å²) in [6.07, 6.45) is -0.615. The Labute approximate surface area is 194 Å². The van der Waals surface area contributed by atoms with E-state index in [1.54, 1.807) is 24.5 Å². The van der Waals surface area contributed by atoms with Gasteiger partial charge in [-0.2, -0.15) is 13.2 Å². The van der Waals surface area contributed by atoms with E-state index in [-0.39, 0.29) is 6.42 Å². The zero-order chi connectivity index (χ0) is 23.4. The van der Waals surface area contributed by atoms with Gasteiger partial charge in [0.05, 0.1) is 17.3 Å². The minimum Gasteiger partial charge on any atom is -0.497 e. The van der Waals surface area contributed by atoms with Gasteiger partial charge in [0.15, 0.2) is 0 Å². The fourth-order valence-electron chi connectivity index (χ4n) is 3.50. The normalized spacial score (nSPS) is 12.0. The Kier molecular flexibility index (Phi) is 6.70. The second kappa shape index (κ2) is 9.67. The highest BCUT2D eigenvalue weighted by molar-refractivity contribution is 7.21. The summed E-state index contributed by atoms with van der Waals surface area (Å²) < 4.78 is 43.3. The van der Waals surface area contributed by atoms with Crippen LogP contribution in [0.1, 0.15) is 29.5 Å². The smallest absolute Gasteiger partial charge is 0.389 e. The molecule has 0 aliphatic carbocycles. The number of alkyl halides is 3. The van der Waals surface area contributed by atoms with Crippen molar-refractivity contribution in [2.24, 2.45) is 0 Å². The highest BCUT2D eigenvalue weighted by atomic mass is 32.1. The van der Waals surface area contributed by atoms with Gasteiger partial charge in [0.25, 0.3) is 0 Å². The Hall–Kier alpha value is -3.32. The predicted octanol–water partition coefficient (Wildman–Crippen LogP) is 7.61. The number of benzene rings is 3. The van der Waals surface area contributed by atoms with Crippen LogP contribution in [0.2, 0.25) is 0 Å². The highest BCUT2D eigenvalue weighted by Crippen LogP contribution is 2.32. The molecule has 0 saturated heterocycles. The van der Waals surface area contributed by atoms with Crippen molar-refractivity contribution >= 4 is 39.4 Å². The van der Waals surface area contributed by atoms with E-state index in [1.165, 1.54) is 0 Å². The predicted molar refractivity (Wildman–Crippen MR) is 130 cm³/mol. The number of anilines is 1. The molecule has 4 rings (SSSR count). The van der Waals surface area contributed by atoms with Crippen molar-refractivity contribution in [2.45, 2.75) is 25.4 Å². The van der Waals surface area contributed by atoms with Gasteiger partial charge in [0.2, 0.25) is 0 Å². The van der Waals surface area contributed by atoms with E-state index in [1.807, 2.05) is 66.7 Å². The highest BCUT2D eigenvalue weighted by Gasteiger charge is 2.25. The molecule has 0 fully saturated rings. The first-order valence-electron chi connectivity index (χ1n) is 10.5. The van der Waals surface area contributed by atoms with Gasteiger partial charge in [0, 0.05) is 17.7 Å². The van der Waals surface area contributed by atoms with Gasteiger partial charge in [-0.3, -0.25) is 0 Å². The number of hydrogen-bond acceptors (Lipinski definition) is 4. The van der Waals surface area contributed by atoms with E-state index in [0.29, 0.717) is 12.1 Å². The number of ether oxygens (including phenoxy) is 1. The van der Waals surface area contributed by atoms with Crippen LogP contribution in [0.5, 0.6) is 5.75 Å². The molecule has 3 nitrogen and oxygen atoms in total. The number of hydrogen-bond donors (Lipinski definition) is 1. The van der Waals surface area contributed by atoms with E-state index < -0.39 is 12.6 Å². The average Bonchev–Trinajstić information content (AvgIpc) is 3.21. The molecule has 170 valence electrons. The third kappa shape index (κ3) is 5.93. The molecule has 0 aliphatic heterocycles. The molecule has 4 aromatic rings. The average molecular weight is 469 g/mol. The van der Waals surface area contributed by atoms with Crippen molar-refractivity contribution in [1.82, 2.24) is 4.98 Å². The summed E-state index contributed by atoms with van der Waals surface area (Å²) in [6.45, 7) is 0. The van der Waals surface area contributed by atoms with Crippen molar-refractivity contribution in [2.75, 3.05) is 12.8 Å². The molecule has 7 heteroatoms. The van der Waals surface area contributed by atoms with Gasteiger partial charge in [-0.15, -0.1) is 11.3 Å². The van der Waals surface area contributed by atoms with Crippen LogP contribution in [0.15, 0.2) is 60.7 Å². The minimum absolute atomic E-state index is 0.0622. The lowest BCUT2D eigenvalue weighted by molar-refractivity contribution is -0.135.